The third-order valence-electron chi connectivity index (χ3n) is 2.91. The SMILES string of the molecule is CCOc1ncnc(N(CC)CCNC(C)C)c1C. The zero-order chi connectivity index (χ0) is 14.3. The lowest BCUT2D eigenvalue weighted by atomic mass is 10.3. The van der Waals surface area contributed by atoms with Crippen molar-refractivity contribution in [2.24, 2.45) is 0 Å². The maximum atomic E-state index is 5.52. The third kappa shape index (κ3) is 4.67. The molecule has 0 spiro atoms. The molecule has 0 aliphatic carbocycles. The summed E-state index contributed by atoms with van der Waals surface area (Å²) in [6, 6.07) is 0.504. The molecule has 0 amide bonds. The maximum absolute atomic E-state index is 5.52. The largest absolute Gasteiger partial charge is 0.478 e. The van der Waals surface area contributed by atoms with Gasteiger partial charge in [0.2, 0.25) is 5.88 Å². The summed E-state index contributed by atoms with van der Waals surface area (Å²) >= 11 is 0. The van der Waals surface area contributed by atoms with Gasteiger partial charge in [-0.15, -0.1) is 0 Å². The summed E-state index contributed by atoms with van der Waals surface area (Å²) in [6.45, 7) is 13.8. The molecule has 0 saturated heterocycles. The van der Waals surface area contributed by atoms with Gasteiger partial charge in [-0.3, -0.25) is 0 Å². The lowest BCUT2D eigenvalue weighted by Crippen LogP contribution is -2.35. The number of nitrogens with zero attached hydrogens (tertiary/aromatic N) is 3. The summed E-state index contributed by atoms with van der Waals surface area (Å²) in [5, 5.41) is 3.42. The van der Waals surface area contributed by atoms with Crippen LogP contribution in [0.2, 0.25) is 0 Å². The van der Waals surface area contributed by atoms with Crippen molar-refractivity contribution < 1.29 is 4.74 Å². The van der Waals surface area contributed by atoms with E-state index in [-0.39, 0.29) is 0 Å². The summed E-state index contributed by atoms with van der Waals surface area (Å²) in [6.07, 6.45) is 1.58. The quantitative estimate of drug-likeness (QED) is 0.780. The van der Waals surface area contributed by atoms with E-state index in [0.717, 1.165) is 31.0 Å². The van der Waals surface area contributed by atoms with E-state index in [0.29, 0.717) is 18.5 Å². The Morgan fingerprint density at radius 1 is 1.32 bits per heavy atom. The van der Waals surface area contributed by atoms with E-state index in [2.05, 4.69) is 41.0 Å². The second-order valence-electron chi connectivity index (χ2n) is 4.75. The zero-order valence-electron chi connectivity index (χ0n) is 12.7. The van der Waals surface area contributed by atoms with Crippen LogP contribution in [0.15, 0.2) is 6.33 Å². The monoisotopic (exact) mass is 266 g/mol. The van der Waals surface area contributed by atoms with Gasteiger partial charge in [-0.05, 0) is 20.8 Å². The number of rotatable bonds is 8. The molecule has 1 heterocycles. The molecule has 0 fully saturated rings. The van der Waals surface area contributed by atoms with Crippen molar-refractivity contribution in [1.82, 2.24) is 15.3 Å². The van der Waals surface area contributed by atoms with Crippen LogP contribution in [0.1, 0.15) is 33.3 Å². The highest BCUT2D eigenvalue weighted by atomic mass is 16.5. The van der Waals surface area contributed by atoms with Crippen molar-refractivity contribution in [3.8, 4) is 5.88 Å². The molecular formula is C14H26N4O. The van der Waals surface area contributed by atoms with Crippen LogP contribution in [0.4, 0.5) is 5.82 Å². The van der Waals surface area contributed by atoms with Gasteiger partial charge in [-0.25, -0.2) is 9.97 Å². The van der Waals surface area contributed by atoms with E-state index in [1.165, 1.54) is 0 Å². The van der Waals surface area contributed by atoms with Crippen molar-refractivity contribution in [2.75, 3.05) is 31.1 Å². The van der Waals surface area contributed by atoms with Gasteiger partial charge in [0.1, 0.15) is 12.1 Å². The predicted octanol–water partition coefficient (Wildman–Crippen LogP) is 2.01. The van der Waals surface area contributed by atoms with Gasteiger partial charge in [0.05, 0.1) is 12.2 Å². The molecule has 5 nitrogen and oxygen atoms in total. The van der Waals surface area contributed by atoms with Gasteiger partial charge in [0.25, 0.3) is 0 Å². The van der Waals surface area contributed by atoms with Crippen LogP contribution in [-0.4, -0.2) is 42.3 Å². The molecule has 0 radical (unpaired) electrons. The Labute approximate surface area is 116 Å². The number of anilines is 1. The van der Waals surface area contributed by atoms with E-state index in [1.807, 2.05) is 13.8 Å². The highest BCUT2D eigenvalue weighted by Gasteiger charge is 2.13. The minimum absolute atomic E-state index is 0.504. The normalized spacial score (nSPS) is 10.8. The van der Waals surface area contributed by atoms with Gasteiger partial charge in [0, 0.05) is 25.7 Å². The maximum Gasteiger partial charge on any atom is 0.221 e. The molecule has 0 saturated carbocycles. The molecule has 1 aromatic rings. The lowest BCUT2D eigenvalue weighted by Gasteiger charge is -2.24. The number of hydrogen-bond acceptors (Lipinski definition) is 5. The van der Waals surface area contributed by atoms with E-state index < -0.39 is 0 Å². The number of likely N-dealkylation sites (N-methyl/N-ethyl adjacent to an activating group) is 1. The molecule has 0 bridgehead atoms. The molecule has 0 atom stereocenters. The Morgan fingerprint density at radius 3 is 2.63 bits per heavy atom. The molecule has 1 N–H and O–H groups in total. The minimum Gasteiger partial charge on any atom is -0.478 e. The molecule has 0 aliphatic rings. The predicted molar refractivity (Wildman–Crippen MR) is 79.0 cm³/mol. The van der Waals surface area contributed by atoms with Gasteiger partial charge in [-0.1, -0.05) is 13.8 Å². The molecule has 0 aliphatic heterocycles. The fourth-order valence-corrected chi connectivity index (χ4v) is 1.93. The van der Waals surface area contributed by atoms with Crippen molar-refractivity contribution in [3.63, 3.8) is 0 Å². The average molecular weight is 266 g/mol. The Morgan fingerprint density at radius 2 is 2.05 bits per heavy atom. The molecule has 0 unspecified atom stereocenters. The fraction of sp³-hybridized carbons (Fsp3) is 0.714. The first-order valence-corrected chi connectivity index (χ1v) is 7.02. The van der Waals surface area contributed by atoms with Crippen LogP contribution < -0.4 is 15.0 Å². The fourth-order valence-electron chi connectivity index (χ4n) is 1.93. The highest BCUT2D eigenvalue weighted by molar-refractivity contribution is 5.50. The smallest absolute Gasteiger partial charge is 0.221 e. The first-order valence-electron chi connectivity index (χ1n) is 7.02. The Hall–Kier alpha value is -1.36. The van der Waals surface area contributed by atoms with Crippen molar-refractivity contribution in [1.29, 1.82) is 0 Å². The number of hydrogen-bond donors (Lipinski definition) is 1. The van der Waals surface area contributed by atoms with Gasteiger partial charge < -0.3 is 15.0 Å². The number of aromatic nitrogens is 2. The van der Waals surface area contributed by atoms with E-state index >= 15 is 0 Å². The standard InChI is InChI=1S/C14H26N4O/c1-6-18(9-8-15-11(3)4)13-12(5)14(19-7-2)17-10-16-13/h10-11,15H,6-9H2,1-5H3. The number of ether oxygens (including phenoxy) is 1. The summed E-state index contributed by atoms with van der Waals surface area (Å²) in [5.74, 6) is 1.65. The van der Waals surface area contributed by atoms with Crippen molar-refractivity contribution in [2.45, 2.75) is 40.7 Å². The summed E-state index contributed by atoms with van der Waals surface area (Å²) in [5.41, 5.74) is 1.01. The zero-order valence-corrected chi connectivity index (χ0v) is 12.7. The molecule has 1 aromatic heterocycles. The molecule has 19 heavy (non-hydrogen) atoms. The Kier molecular flexibility index (Phi) is 6.56. The van der Waals surface area contributed by atoms with Crippen molar-refractivity contribution >= 4 is 5.82 Å². The van der Waals surface area contributed by atoms with Crippen LogP contribution in [0, 0.1) is 6.92 Å². The Balaban J connectivity index is 2.77. The molecule has 1 rings (SSSR count). The first-order chi connectivity index (χ1) is 9.10. The summed E-state index contributed by atoms with van der Waals surface area (Å²) in [7, 11) is 0. The summed E-state index contributed by atoms with van der Waals surface area (Å²) in [4.78, 5) is 10.8. The topological polar surface area (TPSA) is 50.3 Å². The second kappa shape index (κ2) is 7.94. The van der Waals surface area contributed by atoms with E-state index in [9.17, 15) is 0 Å². The lowest BCUT2D eigenvalue weighted by molar-refractivity contribution is 0.323. The Bertz CT molecular complexity index is 382. The van der Waals surface area contributed by atoms with Crippen LogP contribution >= 0.6 is 0 Å². The van der Waals surface area contributed by atoms with Crippen LogP contribution in [-0.2, 0) is 0 Å². The summed E-state index contributed by atoms with van der Waals surface area (Å²) < 4.78 is 5.52. The third-order valence-corrected chi connectivity index (χ3v) is 2.91. The number of nitrogens with one attached hydrogen (secondary N) is 1. The van der Waals surface area contributed by atoms with Gasteiger partial charge >= 0.3 is 0 Å². The van der Waals surface area contributed by atoms with Crippen LogP contribution in [0.25, 0.3) is 0 Å². The average Bonchev–Trinajstić information content (AvgIpc) is 2.38. The molecule has 5 heteroatoms. The van der Waals surface area contributed by atoms with Crippen LogP contribution in [0.3, 0.4) is 0 Å². The van der Waals surface area contributed by atoms with E-state index in [1.54, 1.807) is 6.33 Å². The van der Waals surface area contributed by atoms with E-state index in [4.69, 9.17) is 4.74 Å². The minimum atomic E-state index is 0.504. The second-order valence-corrected chi connectivity index (χ2v) is 4.75. The molecule has 108 valence electrons. The van der Waals surface area contributed by atoms with Gasteiger partial charge in [0.15, 0.2) is 0 Å². The first kappa shape index (κ1) is 15.7. The molecule has 0 aromatic carbocycles. The van der Waals surface area contributed by atoms with Crippen LogP contribution in [0.5, 0.6) is 5.88 Å². The highest BCUT2D eigenvalue weighted by Crippen LogP contribution is 2.23. The molecular weight excluding hydrogens is 240 g/mol. The van der Waals surface area contributed by atoms with Gasteiger partial charge in [-0.2, -0.15) is 0 Å². The van der Waals surface area contributed by atoms with Crippen molar-refractivity contribution in [3.05, 3.63) is 11.9 Å².